The summed E-state index contributed by atoms with van der Waals surface area (Å²) in [6.45, 7) is 0. The summed E-state index contributed by atoms with van der Waals surface area (Å²) < 4.78 is 30.5. The molecule has 1 aromatic carbocycles. The number of hydrogen-bond acceptors (Lipinski definition) is 2. The number of aromatic nitrogens is 1. The monoisotopic (exact) mass is 211 g/mol. The van der Waals surface area contributed by atoms with Crippen molar-refractivity contribution in [2.24, 2.45) is 0 Å². The Labute approximate surface area is 83.7 Å². The van der Waals surface area contributed by atoms with Crippen LogP contribution >= 0.6 is 0 Å². The Balaban J connectivity index is 2.65. The lowest BCUT2D eigenvalue weighted by Gasteiger charge is -1.93. The molecule has 1 aromatic heterocycles. The Morgan fingerprint density at radius 3 is 2.73 bits per heavy atom. The molecule has 0 unspecified atom stereocenters. The van der Waals surface area contributed by atoms with Crippen LogP contribution < -0.4 is 0 Å². The molecule has 1 heterocycles. The fraction of sp³-hybridized carbons (Fsp3) is 0.100. The van der Waals surface area contributed by atoms with E-state index in [0.29, 0.717) is 5.39 Å². The second-order valence-electron chi connectivity index (χ2n) is 3.03. The van der Waals surface area contributed by atoms with E-state index in [2.05, 4.69) is 9.72 Å². The third kappa shape index (κ3) is 1.56. The fourth-order valence-electron chi connectivity index (χ4n) is 1.39. The van der Waals surface area contributed by atoms with Gasteiger partial charge in [0.2, 0.25) is 0 Å². The fourth-order valence-corrected chi connectivity index (χ4v) is 1.39. The van der Waals surface area contributed by atoms with Crippen LogP contribution in [-0.2, 0) is 4.74 Å². The number of benzene rings is 1. The molecule has 3 nitrogen and oxygen atoms in total. The second-order valence-corrected chi connectivity index (χ2v) is 3.03. The minimum atomic E-state index is -0.736. The summed E-state index contributed by atoms with van der Waals surface area (Å²) in [5.74, 6) is -2.04. The van der Waals surface area contributed by atoms with Crippen LogP contribution in [0.3, 0.4) is 0 Å². The predicted octanol–water partition coefficient (Wildman–Crippen LogP) is 2.23. The normalized spacial score (nSPS) is 10.6. The first-order valence-corrected chi connectivity index (χ1v) is 4.18. The standard InChI is InChI=1S/C10H7F2NO2/c1-15-10(14)8-3-5-2-6(11)4-7(12)9(5)13-8/h2-4,13H,1H3. The van der Waals surface area contributed by atoms with Crippen LogP contribution in [0.15, 0.2) is 18.2 Å². The molecule has 1 N–H and O–H groups in total. The molecular weight excluding hydrogens is 204 g/mol. The Morgan fingerprint density at radius 2 is 2.07 bits per heavy atom. The van der Waals surface area contributed by atoms with E-state index in [1.807, 2.05) is 0 Å². The molecular formula is C10H7F2NO2. The number of methoxy groups -OCH3 is 1. The summed E-state index contributed by atoms with van der Waals surface area (Å²) in [6.07, 6.45) is 0. The first-order chi connectivity index (χ1) is 7.11. The van der Waals surface area contributed by atoms with Crippen molar-refractivity contribution in [2.45, 2.75) is 0 Å². The Morgan fingerprint density at radius 1 is 1.33 bits per heavy atom. The smallest absolute Gasteiger partial charge is 0.354 e. The van der Waals surface area contributed by atoms with Gasteiger partial charge in [-0.2, -0.15) is 0 Å². The zero-order chi connectivity index (χ0) is 11.0. The Hall–Kier alpha value is -1.91. The van der Waals surface area contributed by atoms with E-state index in [9.17, 15) is 13.6 Å². The lowest BCUT2D eigenvalue weighted by atomic mass is 10.2. The molecule has 0 saturated carbocycles. The van der Waals surface area contributed by atoms with Crippen LogP contribution in [0.5, 0.6) is 0 Å². The van der Waals surface area contributed by atoms with Crippen molar-refractivity contribution in [3.8, 4) is 0 Å². The molecule has 15 heavy (non-hydrogen) atoms. The van der Waals surface area contributed by atoms with Gasteiger partial charge in [-0.15, -0.1) is 0 Å². The second kappa shape index (κ2) is 3.34. The van der Waals surface area contributed by atoms with Gasteiger partial charge in [0.1, 0.15) is 17.3 Å². The van der Waals surface area contributed by atoms with E-state index in [-0.39, 0.29) is 11.2 Å². The number of carbonyl (C=O) groups is 1. The average Bonchev–Trinajstić information content (AvgIpc) is 2.60. The highest BCUT2D eigenvalue weighted by molar-refractivity contribution is 5.94. The Bertz CT molecular complexity index is 533. The number of H-pyrrole nitrogens is 1. The van der Waals surface area contributed by atoms with Gasteiger partial charge in [0.05, 0.1) is 12.6 Å². The Kier molecular flexibility index (Phi) is 2.15. The number of ether oxygens (including phenoxy) is 1. The van der Waals surface area contributed by atoms with Gasteiger partial charge in [-0.25, -0.2) is 13.6 Å². The molecule has 2 aromatic rings. The number of halogens is 2. The van der Waals surface area contributed by atoms with Gasteiger partial charge in [0.25, 0.3) is 0 Å². The lowest BCUT2D eigenvalue weighted by Crippen LogP contribution is -2.00. The molecule has 0 fully saturated rings. The summed E-state index contributed by atoms with van der Waals surface area (Å²) in [6, 6.07) is 3.23. The van der Waals surface area contributed by atoms with Crippen LogP contribution in [0, 0.1) is 11.6 Å². The molecule has 0 amide bonds. The lowest BCUT2D eigenvalue weighted by molar-refractivity contribution is 0.0595. The minimum absolute atomic E-state index is 0.0943. The van der Waals surface area contributed by atoms with Gasteiger partial charge >= 0.3 is 5.97 Å². The van der Waals surface area contributed by atoms with Gasteiger partial charge in [-0.1, -0.05) is 0 Å². The molecule has 0 aliphatic carbocycles. The van der Waals surface area contributed by atoms with Crippen LogP contribution in [0.1, 0.15) is 10.5 Å². The molecule has 78 valence electrons. The number of carbonyl (C=O) groups excluding carboxylic acids is 1. The van der Waals surface area contributed by atoms with Crippen LogP contribution in [0.25, 0.3) is 10.9 Å². The molecule has 0 aliphatic rings. The van der Waals surface area contributed by atoms with E-state index in [0.717, 1.165) is 12.1 Å². The maximum absolute atomic E-state index is 13.2. The first-order valence-electron chi connectivity index (χ1n) is 4.18. The van der Waals surface area contributed by atoms with E-state index < -0.39 is 17.6 Å². The SMILES string of the molecule is COC(=O)c1cc2cc(F)cc(F)c2[nH]1. The quantitative estimate of drug-likeness (QED) is 0.735. The molecule has 0 atom stereocenters. The van der Waals surface area contributed by atoms with Gasteiger partial charge in [0.15, 0.2) is 0 Å². The third-order valence-corrected chi connectivity index (χ3v) is 2.05. The van der Waals surface area contributed by atoms with Gasteiger partial charge in [0, 0.05) is 11.5 Å². The number of nitrogens with one attached hydrogen (secondary N) is 1. The van der Waals surface area contributed by atoms with Crippen LogP contribution in [-0.4, -0.2) is 18.1 Å². The maximum atomic E-state index is 13.2. The van der Waals surface area contributed by atoms with E-state index in [4.69, 9.17) is 0 Å². The largest absolute Gasteiger partial charge is 0.464 e. The minimum Gasteiger partial charge on any atom is -0.464 e. The summed E-state index contributed by atoms with van der Waals surface area (Å²) in [7, 11) is 1.21. The summed E-state index contributed by atoms with van der Waals surface area (Å²) in [5, 5.41) is 0.299. The number of rotatable bonds is 1. The summed E-state index contributed by atoms with van der Waals surface area (Å²) in [4.78, 5) is 13.6. The van der Waals surface area contributed by atoms with Gasteiger partial charge in [-0.05, 0) is 12.1 Å². The van der Waals surface area contributed by atoms with Gasteiger partial charge in [-0.3, -0.25) is 0 Å². The third-order valence-electron chi connectivity index (χ3n) is 2.05. The average molecular weight is 211 g/mol. The van der Waals surface area contributed by atoms with Gasteiger partial charge < -0.3 is 9.72 Å². The van der Waals surface area contributed by atoms with Crippen molar-refractivity contribution in [3.05, 3.63) is 35.5 Å². The molecule has 0 aliphatic heterocycles. The van der Waals surface area contributed by atoms with Crippen molar-refractivity contribution in [2.75, 3.05) is 7.11 Å². The summed E-state index contributed by atoms with van der Waals surface area (Å²) in [5.41, 5.74) is 0.189. The molecule has 0 spiro atoms. The first kappa shape index (κ1) is 9.64. The zero-order valence-corrected chi connectivity index (χ0v) is 7.80. The van der Waals surface area contributed by atoms with E-state index in [1.54, 1.807) is 0 Å². The van der Waals surface area contributed by atoms with Crippen LogP contribution in [0.2, 0.25) is 0 Å². The topological polar surface area (TPSA) is 42.1 Å². The highest BCUT2D eigenvalue weighted by atomic mass is 19.1. The van der Waals surface area contributed by atoms with Crippen molar-refractivity contribution in [1.82, 2.24) is 4.98 Å². The van der Waals surface area contributed by atoms with E-state index in [1.165, 1.54) is 13.2 Å². The van der Waals surface area contributed by atoms with Crippen LogP contribution in [0.4, 0.5) is 8.78 Å². The number of aromatic amines is 1. The predicted molar refractivity (Wildman–Crippen MR) is 49.6 cm³/mol. The molecule has 0 bridgehead atoms. The molecule has 0 saturated heterocycles. The van der Waals surface area contributed by atoms with Crippen molar-refractivity contribution >= 4 is 16.9 Å². The highest BCUT2D eigenvalue weighted by Gasteiger charge is 2.12. The van der Waals surface area contributed by atoms with Crippen molar-refractivity contribution in [3.63, 3.8) is 0 Å². The number of esters is 1. The maximum Gasteiger partial charge on any atom is 0.354 e. The van der Waals surface area contributed by atoms with Crippen molar-refractivity contribution in [1.29, 1.82) is 0 Å². The van der Waals surface area contributed by atoms with E-state index >= 15 is 0 Å². The summed E-state index contributed by atoms with van der Waals surface area (Å²) >= 11 is 0. The molecule has 5 heteroatoms. The number of hydrogen-bond donors (Lipinski definition) is 1. The van der Waals surface area contributed by atoms with Crippen molar-refractivity contribution < 1.29 is 18.3 Å². The number of fused-ring (bicyclic) bond motifs is 1. The molecule has 2 rings (SSSR count). The highest BCUT2D eigenvalue weighted by Crippen LogP contribution is 2.20. The molecule has 0 radical (unpaired) electrons. The zero-order valence-electron chi connectivity index (χ0n) is 7.80.